The van der Waals surface area contributed by atoms with E-state index in [1.54, 1.807) is 45.2 Å². The summed E-state index contributed by atoms with van der Waals surface area (Å²) >= 11 is 0. The van der Waals surface area contributed by atoms with E-state index in [-0.39, 0.29) is 12.5 Å². The van der Waals surface area contributed by atoms with Crippen LogP contribution in [0.1, 0.15) is 19.4 Å². The Morgan fingerprint density at radius 3 is 2.45 bits per heavy atom. The summed E-state index contributed by atoms with van der Waals surface area (Å²) in [4.78, 5) is 25.6. The van der Waals surface area contributed by atoms with E-state index in [2.05, 4.69) is 11.9 Å². The van der Waals surface area contributed by atoms with Gasteiger partial charge in [0.1, 0.15) is 11.3 Å². The molecule has 1 saturated heterocycles. The zero-order valence-electron chi connectivity index (χ0n) is 11.9. The van der Waals surface area contributed by atoms with Crippen molar-refractivity contribution >= 4 is 11.9 Å². The molecule has 20 heavy (non-hydrogen) atoms. The Hall–Kier alpha value is -2.30. The van der Waals surface area contributed by atoms with E-state index < -0.39 is 11.6 Å². The average Bonchev–Trinajstić information content (AvgIpc) is 2.63. The number of hydrogen-bond acceptors (Lipinski definition) is 3. The summed E-state index contributed by atoms with van der Waals surface area (Å²) in [5.41, 5.74) is 0.437. The number of nitrogens with one attached hydrogen (secondary N) is 1. The molecule has 2 rings (SSSR count). The highest BCUT2D eigenvalue weighted by Gasteiger charge is 2.48. The zero-order chi connectivity index (χ0) is 14.9. The van der Waals surface area contributed by atoms with Crippen molar-refractivity contribution in [3.05, 3.63) is 42.0 Å². The number of imide groups is 1. The van der Waals surface area contributed by atoms with Crippen LogP contribution in [0.4, 0.5) is 4.79 Å². The minimum absolute atomic E-state index is 0.233. The molecule has 0 unspecified atom stereocenters. The van der Waals surface area contributed by atoms with E-state index >= 15 is 0 Å². The van der Waals surface area contributed by atoms with Gasteiger partial charge in [0.2, 0.25) is 0 Å². The second-order valence-corrected chi connectivity index (χ2v) is 5.13. The van der Waals surface area contributed by atoms with Crippen LogP contribution in [-0.4, -0.2) is 30.5 Å². The Labute approximate surface area is 118 Å². The van der Waals surface area contributed by atoms with Gasteiger partial charge >= 0.3 is 6.03 Å². The van der Waals surface area contributed by atoms with Crippen LogP contribution in [-0.2, 0) is 10.3 Å². The van der Waals surface area contributed by atoms with E-state index in [1.807, 2.05) is 0 Å². The number of rotatable bonds is 4. The lowest BCUT2D eigenvalue weighted by Gasteiger charge is -2.22. The molecule has 0 saturated carbocycles. The predicted molar refractivity (Wildman–Crippen MR) is 75.4 cm³/mol. The predicted octanol–water partition coefficient (Wildman–Crippen LogP) is 2.04. The molecule has 1 aromatic carbocycles. The number of benzene rings is 1. The quantitative estimate of drug-likeness (QED) is 0.675. The highest BCUT2D eigenvalue weighted by atomic mass is 16.5. The summed E-state index contributed by atoms with van der Waals surface area (Å²) in [7, 11) is 1.58. The topological polar surface area (TPSA) is 58.6 Å². The summed E-state index contributed by atoms with van der Waals surface area (Å²) in [6.45, 7) is 7.46. The molecule has 106 valence electrons. The molecule has 1 atom stereocenters. The standard InChI is InChI=1S/C15H18N2O3/c1-10(2)9-17-13(18)15(3,16-14(17)19)11-5-7-12(20-4)8-6-11/h5-8H,1,9H2,2-4H3,(H,16,19)/t15-/m1/s1. The van der Waals surface area contributed by atoms with Gasteiger partial charge in [-0.25, -0.2) is 4.79 Å². The Morgan fingerprint density at radius 1 is 1.35 bits per heavy atom. The summed E-state index contributed by atoms with van der Waals surface area (Å²) in [5.74, 6) is 0.434. The number of nitrogens with zero attached hydrogens (tertiary/aromatic N) is 1. The monoisotopic (exact) mass is 274 g/mol. The van der Waals surface area contributed by atoms with Crippen LogP contribution in [0.15, 0.2) is 36.4 Å². The third-order valence-electron chi connectivity index (χ3n) is 3.37. The van der Waals surface area contributed by atoms with Gasteiger partial charge in [0.05, 0.1) is 13.7 Å². The van der Waals surface area contributed by atoms with Gasteiger partial charge in [-0.2, -0.15) is 0 Å². The summed E-state index contributed by atoms with van der Waals surface area (Å²) in [6.07, 6.45) is 0. The van der Waals surface area contributed by atoms with Gasteiger partial charge in [-0.3, -0.25) is 9.69 Å². The number of hydrogen-bond donors (Lipinski definition) is 1. The maximum absolute atomic E-state index is 12.5. The molecule has 1 N–H and O–H groups in total. The van der Waals surface area contributed by atoms with Crippen molar-refractivity contribution in [2.24, 2.45) is 0 Å². The van der Waals surface area contributed by atoms with Crippen LogP contribution in [0.5, 0.6) is 5.75 Å². The van der Waals surface area contributed by atoms with Crippen molar-refractivity contribution in [2.75, 3.05) is 13.7 Å². The van der Waals surface area contributed by atoms with Crippen molar-refractivity contribution in [2.45, 2.75) is 19.4 Å². The van der Waals surface area contributed by atoms with Crippen LogP contribution >= 0.6 is 0 Å². The zero-order valence-corrected chi connectivity index (χ0v) is 11.9. The number of carbonyl (C=O) groups is 2. The summed E-state index contributed by atoms with van der Waals surface area (Å²) in [5, 5.41) is 2.74. The lowest BCUT2D eigenvalue weighted by atomic mass is 9.92. The molecular formula is C15H18N2O3. The Bertz CT molecular complexity index is 565. The highest BCUT2D eigenvalue weighted by Crippen LogP contribution is 2.30. The number of amides is 3. The molecule has 1 fully saturated rings. The molecule has 5 heteroatoms. The first-order chi connectivity index (χ1) is 9.38. The fourth-order valence-electron chi connectivity index (χ4n) is 2.23. The molecule has 1 aliphatic rings. The van der Waals surface area contributed by atoms with E-state index in [0.29, 0.717) is 5.75 Å². The Morgan fingerprint density at radius 2 is 1.95 bits per heavy atom. The summed E-state index contributed by atoms with van der Waals surface area (Å²) in [6, 6.07) is 6.70. The van der Waals surface area contributed by atoms with E-state index in [0.717, 1.165) is 11.1 Å². The van der Waals surface area contributed by atoms with Crippen LogP contribution in [0.25, 0.3) is 0 Å². The molecule has 0 bridgehead atoms. The van der Waals surface area contributed by atoms with Crippen molar-refractivity contribution in [3.8, 4) is 5.75 Å². The van der Waals surface area contributed by atoms with E-state index in [1.165, 1.54) is 4.90 Å². The fraction of sp³-hybridized carbons (Fsp3) is 0.333. The van der Waals surface area contributed by atoms with Crippen LogP contribution in [0.2, 0.25) is 0 Å². The van der Waals surface area contributed by atoms with Gasteiger partial charge in [-0.15, -0.1) is 0 Å². The second-order valence-electron chi connectivity index (χ2n) is 5.13. The second kappa shape index (κ2) is 5.00. The van der Waals surface area contributed by atoms with Crippen LogP contribution in [0, 0.1) is 0 Å². The SMILES string of the molecule is C=C(C)CN1C(=O)N[C@](C)(c2ccc(OC)cc2)C1=O. The number of methoxy groups -OCH3 is 1. The lowest BCUT2D eigenvalue weighted by molar-refractivity contribution is -0.130. The Kier molecular flexibility index (Phi) is 3.53. The molecule has 5 nitrogen and oxygen atoms in total. The third-order valence-corrected chi connectivity index (χ3v) is 3.37. The molecular weight excluding hydrogens is 256 g/mol. The van der Waals surface area contributed by atoms with Crippen molar-refractivity contribution in [1.29, 1.82) is 0 Å². The normalized spacial score (nSPS) is 21.9. The fourth-order valence-corrected chi connectivity index (χ4v) is 2.23. The first-order valence-corrected chi connectivity index (χ1v) is 6.31. The molecule has 0 aromatic heterocycles. The van der Waals surface area contributed by atoms with Crippen molar-refractivity contribution in [1.82, 2.24) is 10.2 Å². The van der Waals surface area contributed by atoms with Gasteiger partial charge < -0.3 is 10.1 Å². The maximum atomic E-state index is 12.5. The number of ether oxygens (including phenoxy) is 1. The maximum Gasteiger partial charge on any atom is 0.325 e. The van der Waals surface area contributed by atoms with Gasteiger partial charge in [0.15, 0.2) is 0 Å². The smallest absolute Gasteiger partial charge is 0.325 e. The van der Waals surface area contributed by atoms with Crippen molar-refractivity contribution < 1.29 is 14.3 Å². The van der Waals surface area contributed by atoms with Crippen LogP contribution in [0.3, 0.4) is 0 Å². The Balaban J connectivity index is 2.32. The number of urea groups is 1. The van der Waals surface area contributed by atoms with E-state index in [4.69, 9.17) is 4.74 Å². The molecule has 1 heterocycles. The van der Waals surface area contributed by atoms with Gasteiger partial charge in [0, 0.05) is 0 Å². The average molecular weight is 274 g/mol. The molecule has 0 spiro atoms. The first-order valence-electron chi connectivity index (χ1n) is 6.31. The molecule has 1 aliphatic heterocycles. The highest BCUT2D eigenvalue weighted by molar-refractivity contribution is 6.07. The van der Waals surface area contributed by atoms with Gasteiger partial charge in [0.25, 0.3) is 5.91 Å². The van der Waals surface area contributed by atoms with E-state index in [9.17, 15) is 9.59 Å². The minimum atomic E-state index is -1.04. The van der Waals surface area contributed by atoms with Crippen molar-refractivity contribution in [3.63, 3.8) is 0 Å². The molecule has 0 radical (unpaired) electrons. The van der Waals surface area contributed by atoms with Crippen LogP contribution < -0.4 is 10.1 Å². The van der Waals surface area contributed by atoms with Gasteiger partial charge in [-0.1, -0.05) is 24.3 Å². The summed E-state index contributed by atoms with van der Waals surface area (Å²) < 4.78 is 5.09. The third kappa shape index (κ3) is 2.27. The lowest BCUT2D eigenvalue weighted by Crippen LogP contribution is -2.41. The minimum Gasteiger partial charge on any atom is -0.497 e. The first kappa shape index (κ1) is 14.1. The largest absolute Gasteiger partial charge is 0.497 e. The van der Waals surface area contributed by atoms with Gasteiger partial charge in [-0.05, 0) is 31.5 Å². The molecule has 0 aliphatic carbocycles. The number of carbonyl (C=O) groups excluding carboxylic acids is 2. The molecule has 1 aromatic rings. The molecule has 3 amide bonds.